The third-order valence-electron chi connectivity index (χ3n) is 2.57. The number of nitrogens with zero attached hydrogens (tertiary/aromatic N) is 1. The van der Waals surface area contributed by atoms with Gasteiger partial charge in [0.05, 0.1) is 18.3 Å². The van der Waals surface area contributed by atoms with Gasteiger partial charge in [0.2, 0.25) is 0 Å². The van der Waals surface area contributed by atoms with Gasteiger partial charge in [0.25, 0.3) is 0 Å². The molecule has 1 aromatic rings. The summed E-state index contributed by atoms with van der Waals surface area (Å²) in [4.78, 5) is 5.39. The molecule has 0 unspecified atom stereocenters. The highest BCUT2D eigenvalue weighted by Crippen LogP contribution is 2.37. The quantitative estimate of drug-likeness (QED) is 0.653. The standard InChI is InChI=1S/C11H15NO/c1-11(2)8-9-6-4-5-7-10(9)12(11)13-3/h4-7H,8H2,1-3H3. The van der Waals surface area contributed by atoms with Crippen molar-refractivity contribution in [3.8, 4) is 0 Å². The smallest absolute Gasteiger partial charge is 0.0675 e. The summed E-state index contributed by atoms with van der Waals surface area (Å²) < 4.78 is 0. The van der Waals surface area contributed by atoms with Crippen LogP contribution >= 0.6 is 0 Å². The van der Waals surface area contributed by atoms with Crippen LogP contribution < -0.4 is 5.06 Å². The molecule has 0 aromatic heterocycles. The van der Waals surface area contributed by atoms with E-state index in [9.17, 15) is 0 Å². The SMILES string of the molecule is CON1c2ccccc2CC1(C)C. The van der Waals surface area contributed by atoms with E-state index >= 15 is 0 Å². The van der Waals surface area contributed by atoms with E-state index in [2.05, 4.69) is 32.0 Å². The summed E-state index contributed by atoms with van der Waals surface area (Å²) in [7, 11) is 1.73. The maximum absolute atomic E-state index is 5.39. The largest absolute Gasteiger partial charge is 0.276 e. The fourth-order valence-corrected chi connectivity index (χ4v) is 2.07. The van der Waals surface area contributed by atoms with E-state index in [0.717, 1.165) is 6.42 Å². The fraction of sp³-hybridized carbons (Fsp3) is 0.455. The highest BCUT2D eigenvalue weighted by Gasteiger charge is 2.36. The topological polar surface area (TPSA) is 12.5 Å². The maximum atomic E-state index is 5.39. The lowest BCUT2D eigenvalue weighted by atomic mass is 10.0. The minimum atomic E-state index is 0.0818. The van der Waals surface area contributed by atoms with Crippen LogP contribution in [0.4, 0.5) is 5.69 Å². The van der Waals surface area contributed by atoms with Crippen LogP contribution in [-0.4, -0.2) is 12.6 Å². The summed E-state index contributed by atoms with van der Waals surface area (Å²) in [5, 5.41) is 1.99. The molecule has 0 saturated heterocycles. The average Bonchev–Trinajstić information content (AvgIpc) is 2.33. The van der Waals surface area contributed by atoms with Crippen molar-refractivity contribution in [2.24, 2.45) is 0 Å². The lowest BCUT2D eigenvalue weighted by Gasteiger charge is -2.31. The minimum Gasteiger partial charge on any atom is -0.276 e. The Morgan fingerprint density at radius 3 is 2.69 bits per heavy atom. The number of hydroxylamine groups is 1. The second-order valence-corrected chi connectivity index (χ2v) is 4.09. The Hall–Kier alpha value is -1.02. The summed E-state index contributed by atoms with van der Waals surface area (Å²) >= 11 is 0. The van der Waals surface area contributed by atoms with Crippen molar-refractivity contribution in [2.45, 2.75) is 25.8 Å². The molecule has 1 aliphatic heterocycles. The molecule has 2 nitrogen and oxygen atoms in total. The molecule has 0 atom stereocenters. The maximum Gasteiger partial charge on any atom is 0.0675 e. The predicted octanol–water partition coefficient (Wildman–Crippen LogP) is 2.39. The molecule has 1 aromatic carbocycles. The second-order valence-electron chi connectivity index (χ2n) is 4.09. The van der Waals surface area contributed by atoms with E-state index in [0.29, 0.717) is 0 Å². The molecule has 0 N–H and O–H groups in total. The van der Waals surface area contributed by atoms with Gasteiger partial charge in [-0.2, -0.15) is 0 Å². The van der Waals surface area contributed by atoms with Crippen LogP contribution in [0.5, 0.6) is 0 Å². The number of hydrogen-bond donors (Lipinski definition) is 0. The molecule has 1 heterocycles. The third-order valence-corrected chi connectivity index (χ3v) is 2.57. The summed E-state index contributed by atoms with van der Waals surface area (Å²) in [6.45, 7) is 4.38. The van der Waals surface area contributed by atoms with Crippen LogP contribution in [0, 0.1) is 0 Å². The average molecular weight is 177 g/mol. The molecular formula is C11H15NO. The van der Waals surface area contributed by atoms with Crippen LogP contribution in [0.25, 0.3) is 0 Å². The number of benzene rings is 1. The number of para-hydroxylation sites is 1. The van der Waals surface area contributed by atoms with Crippen LogP contribution in [0.3, 0.4) is 0 Å². The normalized spacial score (nSPS) is 18.8. The number of anilines is 1. The number of fused-ring (bicyclic) bond motifs is 1. The Morgan fingerprint density at radius 1 is 1.31 bits per heavy atom. The van der Waals surface area contributed by atoms with Crippen molar-refractivity contribution in [3.63, 3.8) is 0 Å². The van der Waals surface area contributed by atoms with E-state index in [1.54, 1.807) is 7.11 Å². The second kappa shape index (κ2) is 2.74. The minimum absolute atomic E-state index is 0.0818. The van der Waals surface area contributed by atoms with Crippen LogP contribution in [-0.2, 0) is 11.3 Å². The first-order chi connectivity index (χ1) is 6.15. The molecule has 0 saturated carbocycles. The molecular weight excluding hydrogens is 162 g/mol. The Bertz CT molecular complexity index is 320. The molecule has 0 fully saturated rings. The Morgan fingerprint density at radius 2 is 2.00 bits per heavy atom. The first-order valence-electron chi connectivity index (χ1n) is 4.57. The highest BCUT2D eigenvalue weighted by molar-refractivity contribution is 5.58. The molecule has 2 rings (SSSR count). The van der Waals surface area contributed by atoms with Gasteiger partial charge in [-0.25, -0.2) is 5.06 Å². The molecule has 70 valence electrons. The summed E-state index contributed by atoms with van der Waals surface area (Å²) in [6, 6.07) is 8.39. The van der Waals surface area contributed by atoms with E-state index < -0.39 is 0 Å². The van der Waals surface area contributed by atoms with E-state index in [1.165, 1.54) is 11.3 Å². The van der Waals surface area contributed by atoms with E-state index in [1.807, 2.05) is 11.1 Å². The zero-order chi connectivity index (χ0) is 9.47. The van der Waals surface area contributed by atoms with E-state index in [-0.39, 0.29) is 5.54 Å². The van der Waals surface area contributed by atoms with Crippen molar-refractivity contribution in [1.29, 1.82) is 0 Å². The molecule has 0 spiro atoms. The number of rotatable bonds is 1. The first kappa shape index (κ1) is 8.57. The molecule has 0 aliphatic carbocycles. The zero-order valence-electron chi connectivity index (χ0n) is 8.37. The van der Waals surface area contributed by atoms with Gasteiger partial charge in [0, 0.05) is 0 Å². The van der Waals surface area contributed by atoms with Crippen molar-refractivity contribution in [1.82, 2.24) is 0 Å². The van der Waals surface area contributed by atoms with Crippen molar-refractivity contribution in [3.05, 3.63) is 29.8 Å². The highest BCUT2D eigenvalue weighted by atomic mass is 16.7. The molecule has 13 heavy (non-hydrogen) atoms. The van der Waals surface area contributed by atoms with Crippen molar-refractivity contribution in [2.75, 3.05) is 12.2 Å². The summed E-state index contributed by atoms with van der Waals surface area (Å²) in [5.41, 5.74) is 2.66. The Kier molecular flexibility index (Phi) is 1.81. The van der Waals surface area contributed by atoms with Crippen LogP contribution in [0.1, 0.15) is 19.4 Å². The van der Waals surface area contributed by atoms with Gasteiger partial charge in [-0.3, -0.25) is 4.84 Å². The summed E-state index contributed by atoms with van der Waals surface area (Å²) in [6.07, 6.45) is 1.05. The monoisotopic (exact) mass is 177 g/mol. The van der Waals surface area contributed by atoms with Gasteiger partial charge in [-0.05, 0) is 31.9 Å². The lowest BCUT2D eigenvalue weighted by Crippen LogP contribution is -2.40. The van der Waals surface area contributed by atoms with Crippen molar-refractivity contribution < 1.29 is 4.84 Å². The van der Waals surface area contributed by atoms with Crippen LogP contribution in [0.2, 0.25) is 0 Å². The summed E-state index contributed by atoms with van der Waals surface area (Å²) in [5.74, 6) is 0. The lowest BCUT2D eigenvalue weighted by molar-refractivity contribution is 0.116. The number of hydrogen-bond acceptors (Lipinski definition) is 2. The van der Waals surface area contributed by atoms with Gasteiger partial charge in [-0.1, -0.05) is 18.2 Å². The third kappa shape index (κ3) is 1.22. The van der Waals surface area contributed by atoms with Gasteiger partial charge in [0.15, 0.2) is 0 Å². The zero-order valence-corrected chi connectivity index (χ0v) is 8.37. The Balaban J connectivity index is 2.46. The van der Waals surface area contributed by atoms with Gasteiger partial charge >= 0.3 is 0 Å². The molecule has 0 radical (unpaired) electrons. The van der Waals surface area contributed by atoms with E-state index in [4.69, 9.17) is 4.84 Å². The molecule has 2 heteroatoms. The van der Waals surface area contributed by atoms with Gasteiger partial charge in [0.1, 0.15) is 0 Å². The predicted molar refractivity (Wildman–Crippen MR) is 53.7 cm³/mol. The Labute approximate surface area is 79.1 Å². The fourth-order valence-electron chi connectivity index (χ4n) is 2.07. The molecule has 0 bridgehead atoms. The molecule has 0 amide bonds. The van der Waals surface area contributed by atoms with Gasteiger partial charge < -0.3 is 0 Å². The van der Waals surface area contributed by atoms with Crippen LogP contribution in [0.15, 0.2) is 24.3 Å². The first-order valence-corrected chi connectivity index (χ1v) is 4.57. The van der Waals surface area contributed by atoms with Gasteiger partial charge in [-0.15, -0.1) is 0 Å². The van der Waals surface area contributed by atoms with Crippen molar-refractivity contribution >= 4 is 5.69 Å². The molecule has 1 aliphatic rings.